The summed E-state index contributed by atoms with van der Waals surface area (Å²) in [7, 11) is 0. The summed E-state index contributed by atoms with van der Waals surface area (Å²) in [5.74, 6) is 0.438. The SMILES string of the molecule is CCOC(=O)C[C@@H](N)c1c(OCC)ccc2ccccc12.Cl. The lowest BCUT2D eigenvalue weighted by molar-refractivity contribution is -0.143. The van der Waals surface area contributed by atoms with Crippen molar-refractivity contribution in [2.45, 2.75) is 26.3 Å². The van der Waals surface area contributed by atoms with Gasteiger partial charge in [0.25, 0.3) is 0 Å². The van der Waals surface area contributed by atoms with Crippen molar-refractivity contribution in [3.63, 3.8) is 0 Å². The number of carbonyl (C=O) groups is 1. The summed E-state index contributed by atoms with van der Waals surface area (Å²) < 4.78 is 10.7. The van der Waals surface area contributed by atoms with E-state index in [4.69, 9.17) is 15.2 Å². The van der Waals surface area contributed by atoms with Crippen LogP contribution in [-0.4, -0.2) is 19.2 Å². The Labute approximate surface area is 137 Å². The second-order valence-corrected chi connectivity index (χ2v) is 4.75. The normalized spacial score (nSPS) is 11.6. The summed E-state index contributed by atoms with van der Waals surface area (Å²) in [6.07, 6.45) is 0.141. The lowest BCUT2D eigenvalue weighted by atomic mass is 9.96. The predicted octanol–water partition coefficient (Wildman–Crippen LogP) is 3.61. The van der Waals surface area contributed by atoms with Gasteiger partial charge in [-0.2, -0.15) is 0 Å². The Morgan fingerprint density at radius 1 is 1.14 bits per heavy atom. The smallest absolute Gasteiger partial charge is 0.307 e. The molecule has 4 nitrogen and oxygen atoms in total. The first kappa shape index (κ1) is 18.3. The van der Waals surface area contributed by atoms with Gasteiger partial charge in [0.1, 0.15) is 5.75 Å². The highest BCUT2D eigenvalue weighted by Gasteiger charge is 2.19. The quantitative estimate of drug-likeness (QED) is 0.825. The molecule has 5 heteroatoms. The van der Waals surface area contributed by atoms with Gasteiger partial charge in [0, 0.05) is 11.6 Å². The zero-order valence-electron chi connectivity index (χ0n) is 12.9. The highest BCUT2D eigenvalue weighted by molar-refractivity contribution is 5.89. The van der Waals surface area contributed by atoms with E-state index in [0.717, 1.165) is 22.1 Å². The standard InChI is InChI=1S/C17H21NO3.ClH/c1-3-20-15-10-9-12-7-5-6-8-13(12)17(15)14(18)11-16(19)21-4-2;/h5-10,14H,3-4,11,18H2,1-2H3;1H/t14-;/m1./s1. The Hall–Kier alpha value is -1.78. The molecule has 2 aromatic rings. The minimum atomic E-state index is -0.448. The monoisotopic (exact) mass is 323 g/mol. The minimum absolute atomic E-state index is 0. The van der Waals surface area contributed by atoms with Gasteiger partial charge in [-0.05, 0) is 30.7 Å². The molecule has 1 atom stereocenters. The lowest BCUT2D eigenvalue weighted by Gasteiger charge is -2.18. The van der Waals surface area contributed by atoms with Crippen LogP contribution < -0.4 is 10.5 Å². The van der Waals surface area contributed by atoms with E-state index >= 15 is 0 Å². The Kier molecular flexibility index (Phi) is 7.15. The average molecular weight is 324 g/mol. The molecule has 0 saturated heterocycles. The maximum Gasteiger partial charge on any atom is 0.307 e. The fraction of sp³-hybridized carbons (Fsp3) is 0.353. The fourth-order valence-corrected chi connectivity index (χ4v) is 2.44. The van der Waals surface area contributed by atoms with Crippen molar-refractivity contribution in [1.29, 1.82) is 0 Å². The molecule has 0 aliphatic rings. The fourth-order valence-electron chi connectivity index (χ4n) is 2.44. The first-order valence-corrected chi connectivity index (χ1v) is 7.23. The number of ether oxygens (including phenoxy) is 2. The Balaban J connectivity index is 0.00000242. The third kappa shape index (κ3) is 4.12. The molecule has 0 aromatic heterocycles. The molecule has 120 valence electrons. The largest absolute Gasteiger partial charge is 0.494 e. The van der Waals surface area contributed by atoms with Gasteiger partial charge in [-0.15, -0.1) is 12.4 Å². The molecule has 0 amide bonds. The summed E-state index contributed by atoms with van der Waals surface area (Å²) in [5, 5.41) is 2.09. The van der Waals surface area contributed by atoms with Crippen molar-refractivity contribution < 1.29 is 14.3 Å². The topological polar surface area (TPSA) is 61.5 Å². The van der Waals surface area contributed by atoms with Gasteiger partial charge in [0.15, 0.2) is 0 Å². The van der Waals surface area contributed by atoms with Gasteiger partial charge in [0.2, 0.25) is 0 Å². The average Bonchev–Trinajstić information content (AvgIpc) is 2.47. The zero-order chi connectivity index (χ0) is 15.2. The van der Waals surface area contributed by atoms with Crippen LogP contribution in [0.25, 0.3) is 10.8 Å². The Bertz CT molecular complexity index is 630. The molecular weight excluding hydrogens is 302 g/mol. The van der Waals surface area contributed by atoms with Crippen molar-refractivity contribution in [3.8, 4) is 5.75 Å². The molecule has 2 rings (SSSR count). The van der Waals surface area contributed by atoms with Gasteiger partial charge in [-0.3, -0.25) is 4.79 Å². The van der Waals surface area contributed by atoms with E-state index in [1.54, 1.807) is 6.92 Å². The van der Waals surface area contributed by atoms with Crippen LogP contribution >= 0.6 is 12.4 Å². The molecule has 2 aromatic carbocycles. The second-order valence-electron chi connectivity index (χ2n) is 4.75. The lowest BCUT2D eigenvalue weighted by Crippen LogP contribution is -2.18. The van der Waals surface area contributed by atoms with Crippen molar-refractivity contribution in [2.24, 2.45) is 5.73 Å². The summed E-state index contributed by atoms with van der Waals surface area (Å²) in [5.41, 5.74) is 7.11. The summed E-state index contributed by atoms with van der Waals surface area (Å²) in [4.78, 5) is 11.7. The number of esters is 1. The number of fused-ring (bicyclic) bond motifs is 1. The molecule has 0 spiro atoms. The molecule has 0 heterocycles. The maximum absolute atomic E-state index is 11.7. The number of hydrogen-bond acceptors (Lipinski definition) is 4. The van der Waals surface area contributed by atoms with Crippen LogP contribution in [0.3, 0.4) is 0 Å². The van der Waals surface area contributed by atoms with E-state index in [2.05, 4.69) is 0 Å². The third-order valence-electron chi connectivity index (χ3n) is 3.29. The summed E-state index contributed by atoms with van der Waals surface area (Å²) in [6.45, 7) is 4.62. The molecule has 0 unspecified atom stereocenters. The van der Waals surface area contributed by atoms with E-state index in [0.29, 0.717) is 13.2 Å². The molecule has 0 saturated carbocycles. The number of rotatable bonds is 6. The van der Waals surface area contributed by atoms with Gasteiger partial charge < -0.3 is 15.2 Å². The van der Waals surface area contributed by atoms with E-state index in [-0.39, 0.29) is 24.8 Å². The van der Waals surface area contributed by atoms with Crippen molar-refractivity contribution in [1.82, 2.24) is 0 Å². The highest BCUT2D eigenvalue weighted by atomic mass is 35.5. The van der Waals surface area contributed by atoms with Crippen LogP contribution in [0.5, 0.6) is 5.75 Å². The molecule has 0 aliphatic carbocycles. The van der Waals surface area contributed by atoms with Crippen molar-refractivity contribution in [3.05, 3.63) is 42.0 Å². The van der Waals surface area contributed by atoms with Gasteiger partial charge in [0.05, 0.1) is 19.6 Å². The van der Waals surface area contributed by atoms with Crippen LogP contribution in [0.4, 0.5) is 0 Å². The molecule has 2 N–H and O–H groups in total. The Morgan fingerprint density at radius 2 is 1.86 bits per heavy atom. The first-order chi connectivity index (χ1) is 10.2. The second kappa shape index (κ2) is 8.61. The third-order valence-corrected chi connectivity index (χ3v) is 3.29. The van der Waals surface area contributed by atoms with Crippen LogP contribution in [-0.2, 0) is 9.53 Å². The van der Waals surface area contributed by atoms with Crippen LogP contribution in [0.2, 0.25) is 0 Å². The van der Waals surface area contributed by atoms with Crippen molar-refractivity contribution >= 4 is 29.1 Å². The number of carbonyl (C=O) groups excluding carboxylic acids is 1. The molecule has 0 radical (unpaired) electrons. The number of nitrogens with two attached hydrogens (primary N) is 1. The minimum Gasteiger partial charge on any atom is -0.494 e. The first-order valence-electron chi connectivity index (χ1n) is 7.23. The van der Waals surface area contributed by atoms with Gasteiger partial charge in [-0.25, -0.2) is 0 Å². The van der Waals surface area contributed by atoms with Crippen LogP contribution in [0.1, 0.15) is 31.9 Å². The zero-order valence-corrected chi connectivity index (χ0v) is 13.7. The molecule has 22 heavy (non-hydrogen) atoms. The molecule has 0 bridgehead atoms. The van der Waals surface area contributed by atoms with Crippen LogP contribution in [0, 0.1) is 0 Å². The highest BCUT2D eigenvalue weighted by Crippen LogP contribution is 2.33. The van der Waals surface area contributed by atoms with Crippen molar-refractivity contribution in [2.75, 3.05) is 13.2 Å². The van der Waals surface area contributed by atoms with E-state index in [1.165, 1.54) is 0 Å². The summed E-state index contributed by atoms with van der Waals surface area (Å²) >= 11 is 0. The summed E-state index contributed by atoms with van der Waals surface area (Å²) in [6, 6.07) is 11.4. The molecule has 0 fully saturated rings. The predicted molar refractivity (Wildman–Crippen MR) is 90.5 cm³/mol. The van der Waals surface area contributed by atoms with E-state index in [1.807, 2.05) is 43.3 Å². The van der Waals surface area contributed by atoms with E-state index in [9.17, 15) is 4.79 Å². The number of benzene rings is 2. The van der Waals surface area contributed by atoms with Gasteiger partial charge in [-0.1, -0.05) is 30.3 Å². The van der Waals surface area contributed by atoms with Crippen LogP contribution in [0.15, 0.2) is 36.4 Å². The molecular formula is C17H22ClNO3. The Morgan fingerprint density at radius 3 is 2.55 bits per heavy atom. The van der Waals surface area contributed by atoms with Gasteiger partial charge >= 0.3 is 5.97 Å². The number of halogens is 1. The molecule has 0 aliphatic heterocycles. The van der Waals surface area contributed by atoms with E-state index < -0.39 is 6.04 Å². The number of hydrogen-bond donors (Lipinski definition) is 1. The maximum atomic E-state index is 11.7.